The Labute approximate surface area is 118 Å². The van der Waals surface area contributed by atoms with Crippen molar-refractivity contribution in [2.75, 3.05) is 11.5 Å². The first-order valence-corrected chi connectivity index (χ1v) is 6.23. The third kappa shape index (κ3) is 2.51. The number of halogens is 3. The van der Waals surface area contributed by atoms with Crippen LogP contribution in [-0.4, -0.2) is 10.2 Å². The number of benzene rings is 1. The van der Waals surface area contributed by atoms with Gasteiger partial charge in [-0.25, -0.2) is 4.39 Å². The molecule has 18 heavy (non-hydrogen) atoms. The number of H-pyrrole nitrogens is 1. The van der Waals surface area contributed by atoms with Gasteiger partial charge in [-0.15, -0.1) is 10.2 Å². The van der Waals surface area contributed by atoms with E-state index in [1.54, 1.807) is 0 Å². The van der Waals surface area contributed by atoms with E-state index in [1.807, 2.05) is 0 Å². The van der Waals surface area contributed by atoms with E-state index in [0.717, 1.165) is 0 Å². The van der Waals surface area contributed by atoms with Gasteiger partial charge in [0, 0.05) is 8.95 Å². The van der Waals surface area contributed by atoms with Gasteiger partial charge in [0.25, 0.3) is 0 Å². The third-order valence-electron chi connectivity index (χ3n) is 2.03. The van der Waals surface area contributed by atoms with Crippen molar-refractivity contribution in [3.8, 4) is 0 Å². The van der Waals surface area contributed by atoms with Crippen LogP contribution in [0, 0.1) is 5.82 Å². The second-order valence-electron chi connectivity index (χ2n) is 3.29. The number of nitrogen functional groups attached to an aromatic ring is 2. The van der Waals surface area contributed by atoms with E-state index in [1.165, 1.54) is 12.1 Å². The van der Waals surface area contributed by atoms with Gasteiger partial charge >= 0.3 is 0 Å². The predicted molar refractivity (Wildman–Crippen MR) is 73.4 cm³/mol. The summed E-state index contributed by atoms with van der Waals surface area (Å²) in [6.07, 6.45) is 0. The molecule has 0 saturated heterocycles. The summed E-state index contributed by atoms with van der Waals surface area (Å²) in [5.74, 6) is -0.0359. The molecule has 0 amide bonds. The van der Waals surface area contributed by atoms with E-state index in [2.05, 4.69) is 52.3 Å². The van der Waals surface area contributed by atoms with E-state index in [0.29, 0.717) is 14.6 Å². The van der Waals surface area contributed by atoms with Crippen LogP contribution in [-0.2, 0) is 0 Å². The monoisotopic (exact) mass is 376 g/mol. The van der Waals surface area contributed by atoms with Crippen molar-refractivity contribution in [1.29, 1.82) is 0 Å². The Bertz CT molecular complexity index is 581. The Balaban J connectivity index is 2.41. The van der Waals surface area contributed by atoms with Gasteiger partial charge in [0.05, 0.1) is 0 Å². The summed E-state index contributed by atoms with van der Waals surface area (Å²) in [4.78, 5) is 0. The van der Waals surface area contributed by atoms with Crippen molar-refractivity contribution in [2.45, 2.75) is 0 Å². The summed E-state index contributed by atoms with van der Waals surface area (Å²) < 4.78 is 14.0. The van der Waals surface area contributed by atoms with Crippen molar-refractivity contribution in [3.05, 3.63) is 26.9 Å². The lowest BCUT2D eigenvalue weighted by molar-refractivity contribution is 0.626. The zero-order chi connectivity index (χ0) is 13.3. The van der Waals surface area contributed by atoms with Gasteiger partial charge in [-0.2, -0.15) is 5.10 Å². The van der Waals surface area contributed by atoms with Gasteiger partial charge in [-0.3, -0.25) is 5.10 Å². The topological polar surface area (TPSA) is 105 Å². The molecule has 5 N–H and O–H groups in total. The molecule has 1 aromatic heterocycles. The molecule has 94 valence electrons. The van der Waals surface area contributed by atoms with Crippen molar-refractivity contribution in [1.82, 2.24) is 10.2 Å². The molecule has 1 heterocycles. The highest BCUT2D eigenvalue weighted by Crippen LogP contribution is 2.36. The zero-order valence-corrected chi connectivity index (χ0v) is 12.0. The summed E-state index contributed by atoms with van der Waals surface area (Å²) >= 11 is 6.38. The molecule has 0 unspecified atom stereocenters. The van der Waals surface area contributed by atoms with Gasteiger partial charge in [-0.05, 0) is 44.0 Å². The molecule has 0 saturated carbocycles. The van der Waals surface area contributed by atoms with Crippen LogP contribution in [0.3, 0.4) is 0 Å². The van der Waals surface area contributed by atoms with Gasteiger partial charge in [0.2, 0.25) is 0 Å². The first-order valence-electron chi connectivity index (χ1n) is 4.64. The highest BCUT2D eigenvalue weighted by Gasteiger charge is 2.10. The minimum Gasteiger partial charge on any atom is -0.382 e. The molecule has 9 heteroatoms. The molecular weight excluding hydrogens is 371 g/mol. The molecule has 0 aliphatic heterocycles. The molecular formula is C9H7Br2FN6. The van der Waals surface area contributed by atoms with Crippen LogP contribution in [0.1, 0.15) is 0 Å². The van der Waals surface area contributed by atoms with Crippen LogP contribution in [0.4, 0.5) is 27.4 Å². The van der Waals surface area contributed by atoms with Crippen molar-refractivity contribution in [2.24, 2.45) is 10.2 Å². The second-order valence-corrected chi connectivity index (χ2v) is 5.00. The SMILES string of the molecule is Nc1n[nH]c(N)c1N=Nc1c(Br)cc(F)cc1Br. The van der Waals surface area contributed by atoms with Crippen LogP contribution < -0.4 is 11.5 Å². The number of nitrogens with two attached hydrogens (primary N) is 2. The van der Waals surface area contributed by atoms with E-state index in [9.17, 15) is 4.39 Å². The summed E-state index contributed by atoms with van der Waals surface area (Å²) in [6.45, 7) is 0. The van der Waals surface area contributed by atoms with Gasteiger partial charge in [0.15, 0.2) is 11.5 Å². The minimum atomic E-state index is -0.393. The number of nitrogens with one attached hydrogen (secondary N) is 1. The van der Waals surface area contributed by atoms with Gasteiger partial charge in [0.1, 0.15) is 17.3 Å². The Kier molecular flexibility index (Phi) is 3.62. The van der Waals surface area contributed by atoms with Crippen LogP contribution in [0.5, 0.6) is 0 Å². The Morgan fingerprint density at radius 2 is 1.67 bits per heavy atom. The molecule has 1 aromatic carbocycles. The lowest BCUT2D eigenvalue weighted by Crippen LogP contribution is -1.84. The molecule has 0 bridgehead atoms. The number of rotatable bonds is 2. The maximum absolute atomic E-state index is 13.1. The third-order valence-corrected chi connectivity index (χ3v) is 3.24. The lowest BCUT2D eigenvalue weighted by atomic mass is 10.3. The highest BCUT2D eigenvalue weighted by molar-refractivity contribution is 9.11. The van der Waals surface area contributed by atoms with Crippen molar-refractivity contribution < 1.29 is 4.39 Å². The highest BCUT2D eigenvalue weighted by atomic mass is 79.9. The standard InChI is InChI=1S/C9H7Br2FN6/c10-4-1-3(12)2-5(11)6(4)15-16-7-8(13)17-18-9(7)14/h1-2H,(H5,13,14,17,18). The first-order chi connectivity index (χ1) is 8.49. The van der Waals surface area contributed by atoms with E-state index < -0.39 is 5.82 Å². The van der Waals surface area contributed by atoms with Gasteiger partial charge < -0.3 is 11.5 Å². The lowest BCUT2D eigenvalue weighted by Gasteiger charge is -2.00. The molecule has 0 fully saturated rings. The number of hydrogen-bond donors (Lipinski definition) is 3. The largest absolute Gasteiger partial charge is 0.382 e. The van der Waals surface area contributed by atoms with Crippen LogP contribution in [0.15, 0.2) is 31.3 Å². The Hall–Kier alpha value is -1.48. The predicted octanol–water partition coefficient (Wildman–Crippen LogP) is 3.65. The smallest absolute Gasteiger partial charge is 0.175 e. The molecule has 2 rings (SSSR count). The molecule has 0 aliphatic carbocycles. The number of hydrogen-bond acceptors (Lipinski definition) is 5. The van der Waals surface area contributed by atoms with Gasteiger partial charge in [-0.1, -0.05) is 0 Å². The normalized spacial score (nSPS) is 11.3. The zero-order valence-electron chi connectivity index (χ0n) is 8.78. The molecule has 0 radical (unpaired) electrons. The second kappa shape index (κ2) is 5.02. The van der Waals surface area contributed by atoms with E-state index >= 15 is 0 Å². The maximum atomic E-state index is 13.1. The van der Waals surface area contributed by atoms with Crippen molar-refractivity contribution in [3.63, 3.8) is 0 Å². The summed E-state index contributed by atoms with van der Waals surface area (Å²) in [6, 6.07) is 2.56. The molecule has 0 aliphatic rings. The molecule has 0 spiro atoms. The van der Waals surface area contributed by atoms with E-state index in [-0.39, 0.29) is 17.3 Å². The molecule has 2 aromatic rings. The van der Waals surface area contributed by atoms with Crippen LogP contribution in [0.2, 0.25) is 0 Å². The van der Waals surface area contributed by atoms with Crippen LogP contribution in [0.25, 0.3) is 0 Å². The summed E-state index contributed by atoms with van der Waals surface area (Å²) in [7, 11) is 0. The number of nitrogens with zero attached hydrogens (tertiary/aromatic N) is 3. The fraction of sp³-hybridized carbons (Fsp3) is 0. The molecule has 6 nitrogen and oxygen atoms in total. The molecule has 0 atom stereocenters. The Morgan fingerprint density at radius 3 is 2.17 bits per heavy atom. The first kappa shape index (κ1) is 13.0. The quantitative estimate of drug-likeness (QED) is 0.695. The Morgan fingerprint density at radius 1 is 1.11 bits per heavy atom. The number of anilines is 2. The fourth-order valence-electron chi connectivity index (χ4n) is 1.20. The maximum Gasteiger partial charge on any atom is 0.175 e. The van der Waals surface area contributed by atoms with Crippen LogP contribution >= 0.6 is 31.9 Å². The average Bonchev–Trinajstić information content (AvgIpc) is 2.58. The minimum absolute atomic E-state index is 0.144. The number of aromatic nitrogens is 2. The number of azo groups is 1. The van der Waals surface area contributed by atoms with Crippen molar-refractivity contribution >= 4 is 54.9 Å². The summed E-state index contributed by atoms with van der Waals surface area (Å²) in [5.41, 5.74) is 11.8. The summed E-state index contributed by atoms with van der Waals surface area (Å²) in [5, 5.41) is 14.0. The number of aromatic amines is 1. The fourth-order valence-corrected chi connectivity index (χ4v) is 2.49. The average molecular weight is 378 g/mol. The van der Waals surface area contributed by atoms with E-state index in [4.69, 9.17) is 11.5 Å².